The van der Waals surface area contributed by atoms with Crippen molar-refractivity contribution in [3.63, 3.8) is 0 Å². The van der Waals surface area contributed by atoms with Crippen molar-refractivity contribution in [1.29, 1.82) is 0 Å². The molecule has 1 unspecified atom stereocenters. The molecule has 0 bridgehead atoms. The van der Waals surface area contributed by atoms with Crippen molar-refractivity contribution >= 4 is 34.4 Å². The fraction of sp³-hybridized carbons (Fsp3) is 0.250. The number of carbonyl (C=O) groups excluding carboxylic acids is 1. The van der Waals surface area contributed by atoms with Crippen molar-refractivity contribution < 1.29 is 14.7 Å². The number of aromatic nitrogens is 4. The molecular weight excluding hydrogens is 346 g/mol. The SMILES string of the molecule is Cc1nnc2n1CC(C(=O)O)N(C(=O)c1cc3ccc(Cl)cc3[nH]1)C2. The first-order chi connectivity index (χ1) is 11.9. The average Bonchev–Trinajstić information content (AvgIpc) is 3.16. The van der Waals surface area contributed by atoms with Crippen LogP contribution in [-0.2, 0) is 17.9 Å². The Labute approximate surface area is 147 Å². The van der Waals surface area contributed by atoms with Crippen molar-refractivity contribution in [2.24, 2.45) is 0 Å². The number of carboxylic acids is 1. The second kappa shape index (κ2) is 5.59. The van der Waals surface area contributed by atoms with Gasteiger partial charge < -0.3 is 19.6 Å². The molecule has 2 aromatic heterocycles. The number of carbonyl (C=O) groups is 2. The van der Waals surface area contributed by atoms with Crippen LogP contribution in [0.4, 0.5) is 0 Å². The molecule has 0 saturated heterocycles. The van der Waals surface area contributed by atoms with Gasteiger partial charge >= 0.3 is 5.97 Å². The number of benzene rings is 1. The van der Waals surface area contributed by atoms with Crippen molar-refractivity contribution in [2.75, 3.05) is 0 Å². The minimum atomic E-state index is -1.06. The lowest BCUT2D eigenvalue weighted by molar-refractivity contribution is -0.143. The fourth-order valence-electron chi connectivity index (χ4n) is 3.11. The fourth-order valence-corrected chi connectivity index (χ4v) is 3.28. The average molecular weight is 360 g/mol. The first kappa shape index (κ1) is 15.6. The van der Waals surface area contributed by atoms with E-state index in [9.17, 15) is 14.7 Å². The number of aryl methyl sites for hydroxylation is 1. The summed E-state index contributed by atoms with van der Waals surface area (Å²) < 4.78 is 1.73. The van der Waals surface area contributed by atoms with Gasteiger partial charge in [-0.2, -0.15) is 0 Å². The molecule has 1 atom stereocenters. The zero-order chi connectivity index (χ0) is 17.7. The van der Waals surface area contributed by atoms with Crippen molar-refractivity contribution in [1.82, 2.24) is 24.6 Å². The van der Waals surface area contributed by atoms with Gasteiger partial charge in [0.2, 0.25) is 0 Å². The molecule has 1 amide bonds. The van der Waals surface area contributed by atoms with Gasteiger partial charge in [0.05, 0.1) is 13.1 Å². The highest BCUT2D eigenvalue weighted by atomic mass is 35.5. The summed E-state index contributed by atoms with van der Waals surface area (Å²) in [5, 5.41) is 18.9. The predicted octanol–water partition coefficient (Wildman–Crippen LogP) is 1.83. The summed E-state index contributed by atoms with van der Waals surface area (Å²) in [5.74, 6) is -0.256. The molecule has 0 fully saturated rings. The number of H-pyrrole nitrogens is 1. The largest absolute Gasteiger partial charge is 0.480 e. The van der Waals surface area contributed by atoms with Gasteiger partial charge in [-0.3, -0.25) is 4.79 Å². The van der Waals surface area contributed by atoms with Gasteiger partial charge in [0.25, 0.3) is 5.91 Å². The Morgan fingerprint density at radius 1 is 1.32 bits per heavy atom. The summed E-state index contributed by atoms with van der Waals surface area (Å²) >= 11 is 5.97. The highest BCUT2D eigenvalue weighted by Gasteiger charge is 2.37. The molecule has 1 aliphatic rings. The van der Waals surface area contributed by atoms with Crippen LogP contribution in [0.5, 0.6) is 0 Å². The van der Waals surface area contributed by atoms with Crippen molar-refractivity contribution in [3.05, 3.63) is 46.6 Å². The van der Waals surface area contributed by atoms with E-state index in [1.165, 1.54) is 4.90 Å². The summed E-state index contributed by atoms with van der Waals surface area (Å²) in [4.78, 5) is 28.9. The Kier molecular flexibility index (Phi) is 3.50. The number of fused-ring (bicyclic) bond motifs is 2. The number of hydrogen-bond donors (Lipinski definition) is 2. The molecule has 128 valence electrons. The molecule has 3 heterocycles. The molecular formula is C16H14ClN5O3. The maximum atomic E-state index is 12.9. The van der Waals surface area contributed by atoms with Crippen molar-refractivity contribution in [2.45, 2.75) is 26.1 Å². The van der Waals surface area contributed by atoms with Gasteiger partial charge in [-0.25, -0.2) is 4.79 Å². The maximum Gasteiger partial charge on any atom is 0.328 e. The van der Waals surface area contributed by atoms with Gasteiger partial charge in [-0.1, -0.05) is 17.7 Å². The second-order valence-corrected chi connectivity index (χ2v) is 6.41. The van der Waals surface area contributed by atoms with Gasteiger partial charge in [-0.05, 0) is 25.1 Å². The Balaban J connectivity index is 1.72. The number of hydrogen-bond acceptors (Lipinski definition) is 4. The lowest BCUT2D eigenvalue weighted by Gasteiger charge is -2.33. The van der Waals surface area contributed by atoms with Crippen LogP contribution in [0.2, 0.25) is 5.02 Å². The van der Waals surface area contributed by atoms with E-state index in [1.54, 1.807) is 35.8 Å². The van der Waals surface area contributed by atoms with Gasteiger partial charge in [0, 0.05) is 15.9 Å². The summed E-state index contributed by atoms with van der Waals surface area (Å²) in [7, 11) is 0. The van der Waals surface area contributed by atoms with Gasteiger partial charge in [-0.15, -0.1) is 10.2 Å². The minimum absolute atomic E-state index is 0.0900. The lowest BCUT2D eigenvalue weighted by Crippen LogP contribution is -2.50. The Bertz CT molecular complexity index is 1010. The van der Waals surface area contributed by atoms with E-state index in [-0.39, 0.29) is 13.1 Å². The standard InChI is InChI=1S/C16H14ClN5O3/c1-8-19-20-14-7-22(13(16(24)25)6-21(8)14)15(23)12-4-9-2-3-10(17)5-11(9)18-12/h2-5,13,18H,6-7H2,1H3,(H,24,25). The minimum Gasteiger partial charge on any atom is -0.480 e. The zero-order valence-electron chi connectivity index (χ0n) is 13.2. The van der Waals surface area contributed by atoms with Crippen LogP contribution in [-0.4, -0.2) is 47.7 Å². The molecule has 25 heavy (non-hydrogen) atoms. The number of aliphatic carboxylic acids is 1. The molecule has 0 saturated carbocycles. The smallest absolute Gasteiger partial charge is 0.328 e. The quantitative estimate of drug-likeness (QED) is 0.726. The summed E-state index contributed by atoms with van der Waals surface area (Å²) in [5.41, 5.74) is 1.03. The van der Waals surface area contributed by atoms with Gasteiger partial charge in [0.15, 0.2) is 5.82 Å². The van der Waals surface area contributed by atoms with E-state index in [2.05, 4.69) is 15.2 Å². The highest BCUT2D eigenvalue weighted by Crippen LogP contribution is 2.24. The molecule has 9 heteroatoms. The summed E-state index contributed by atoms with van der Waals surface area (Å²) in [6.45, 7) is 1.97. The van der Waals surface area contributed by atoms with Crippen LogP contribution in [0, 0.1) is 6.92 Å². The van der Waals surface area contributed by atoms with Gasteiger partial charge in [0.1, 0.15) is 17.6 Å². The highest BCUT2D eigenvalue weighted by molar-refractivity contribution is 6.31. The number of halogens is 1. The summed E-state index contributed by atoms with van der Waals surface area (Å²) in [6, 6.07) is 5.97. The lowest BCUT2D eigenvalue weighted by atomic mass is 10.1. The van der Waals surface area contributed by atoms with Crippen LogP contribution >= 0.6 is 11.6 Å². The molecule has 8 nitrogen and oxygen atoms in total. The van der Waals surface area contributed by atoms with E-state index >= 15 is 0 Å². The number of aromatic amines is 1. The Morgan fingerprint density at radius 2 is 2.12 bits per heavy atom. The number of carboxylic acid groups (broad SMARTS) is 1. The zero-order valence-corrected chi connectivity index (χ0v) is 14.0. The predicted molar refractivity (Wildman–Crippen MR) is 89.4 cm³/mol. The molecule has 3 aromatic rings. The van der Waals surface area contributed by atoms with Crippen molar-refractivity contribution in [3.8, 4) is 0 Å². The molecule has 0 radical (unpaired) electrons. The topological polar surface area (TPSA) is 104 Å². The van der Waals surface area contributed by atoms with Crippen LogP contribution in [0.1, 0.15) is 22.1 Å². The molecule has 0 spiro atoms. The maximum absolute atomic E-state index is 12.9. The van der Waals surface area contributed by atoms with Crippen LogP contribution < -0.4 is 0 Å². The number of amides is 1. The number of nitrogens with zero attached hydrogens (tertiary/aromatic N) is 4. The summed E-state index contributed by atoms with van der Waals surface area (Å²) in [6.07, 6.45) is 0. The Morgan fingerprint density at radius 3 is 2.88 bits per heavy atom. The van der Waals surface area contributed by atoms with E-state index in [0.717, 1.165) is 10.9 Å². The third kappa shape index (κ3) is 2.54. The first-order valence-electron chi connectivity index (χ1n) is 7.65. The third-order valence-corrected chi connectivity index (χ3v) is 4.65. The molecule has 4 rings (SSSR count). The first-order valence-corrected chi connectivity index (χ1v) is 8.02. The van der Waals surface area contributed by atoms with Crippen LogP contribution in [0.3, 0.4) is 0 Å². The molecule has 1 aliphatic heterocycles. The van der Waals surface area contributed by atoms with E-state index < -0.39 is 17.9 Å². The number of rotatable bonds is 2. The Hall–Kier alpha value is -2.87. The van der Waals surface area contributed by atoms with Crippen LogP contribution in [0.25, 0.3) is 10.9 Å². The third-order valence-electron chi connectivity index (χ3n) is 4.42. The second-order valence-electron chi connectivity index (χ2n) is 5.98. The van der Waals surface area contributed by atoms with E-state index in [0.29, 0.717) is 22.4 Å². The van der Waals surface area contributed by atoms with E-state index in [4.69, 9.17) is 11.6 Å². The van der Waals surface area contributed by atoms with E-state index in [1.807, 2.05) is 0 Å². The molecule has 1 aromatic carbocycles. The monoisotopic (exact) mass is 359 g/mol. The molecule has 0 aliphatic carbocycles. The normalized spacial score (nSPS) is 16.9. The number of nitrogens with one attached hydrogen (secondary N) is 1. The van der Waals surface area contributed by atoms with Crippen LogP contribution in [0.15, 0.2) is 24.3 Å². The molecule has 2 N–H and O–H groups in total.